The molecule has 6 nitrogen and oxygen atoms in total. The molecule has 176 valence electrons. The van der Waals surface area contributed by atoms with E-state index in [9.17, 15) is 9.59 Å². The van der Waals surface area contributed by atoms with E-state index in [2.05, 4.69) is 5.32 Å². The highest BCUT2D eigenvalue weighted by Crippen LogP contribution is 2.33. The quantitative estimate of drug-likeness (QED) is 0.464. The van der Waals surface area contributed by atoms with Gasteiger partial charge in [0.15, 0.2) is 0 Å². The van der Waals surface area contributed by atoms with Crippen LogP contribution in [0.25, 0.3) is 0 Å². The lowest BCUT2D eigenvalue weighted by molar-refractivity contribution is 0.0536. The summed E-state index contributed by atoms with van der Waals surface area (Å²) in [5.41, 5.74) is 2.69. The number of piperidine rings is 1. The van der Waals surface area contributed by atoms with Crippen LogP contribution in [-0.4, -0.2) is 29.7 Å². The van der Waals surface area contributed by atoms with Crippen LogP contribution in [0.4, 0.5) is 9.59 Å². The maximum Gasteiger partial charge on any atom is 0.410 e. The molecule has 1 fully saturated rings. The van der Waals surface area contributed by atoms with E-state index in [0.29, 0.717) is 18.0 Å². The molecule has 0 saturated carbocycles. The minimum Gasteiger partial charge on any atom is -0.445 e. The first-order valence-electron chi connectivity index (χ1n) is 11.3. The smallest absolute Gasteiger partial charge is 0.410 e. The Kier molecular flexibility index (Phi) is 8.04. The number of carbonyl (C=O) groups is 2. The minimum absolute atomic E-state index is 0.174. The fourth-order valence-corrected chi connectivity index (χ4v) is 4.27. The van der Waals surface area contributed by atoms with E-state index in [0.717, 1.165) is 23.1 Å². The second kappa shape index (κ2) is 11.6. The molecule has 1 heterocycles. The summed E-state index contributed by atoms with van der Waals surface area (Å²) in [7, 11) is 0. The van der Waals surface area contributed by atoms with Crippen LogP contribution in [-0.2, 0) is 22.7 Å². The van der Waals surface area contributed by atoms with Crippen molar-refractivity contribution < 1.29 is 19.1 Å². The van der Waals surface area contributed by atoms with Crippen molar-refractivity contribution in [2.45, 2.75) is 38.1 Å². The van der Waals surface area contributed by atoms with Gasteiger partial charge >= 0.3 is 12.2 Å². The molecular weight excluding hydrogens is 452 g/mol. The van der Waals surface area contributed by atoms with E-state index >= 15 is 0 Å². The van der Waals surface area contributed by atoms with E-state index < -0.39 is 18.2 Å². The number of nitrogens with one attached hydrogen (secondary N) is 1. The van der Waals surface area contributed by atoms with Crippen molar-refractivity contribution in [2.24, 2.45) is 0 Å². The largest absolute Gasteiger partial charge is 0.445 e. The van der Waals surface area contributed by atoms with Gasteiger partial charge in [-0.2, -0.15) is 0 Å². The molecule has 0 spiro atoms. The van der Waals surface area contributed by atoms with Crippen molar-refractivity contribution in [2.75, 3.05) is 6.54 Å². The van der Waals surface area contributed by atoms with Crippen molar-refractivity contribution in [1.82, 2.24) is 10.2 Å². The molecule has 4 rings (SSSR count). The molecular formula is C27H27ClN2O4. The number of carbonyl (C=O) groups excluding carboxylic acids is 2. The van der Waals surface area contributed by atoms with Gasteiger partial charge in [0, 0.05) is 11.6 Å². The molecule has 1 saturated heterocycles. The Morgan fingerprint density at radius 1 is 0.853 bits per heavy atom. The molecule has 1 aliphatic rings. The average Bonchev–Trinajstić information content (AvgIpc) is 2.88. The van der Waals surface area contributed by atoms with Crippen molar-refractivity contribution in [1.29, 1.82) is 0 Å². The summed E-state index contributed by atoms with van der Waals surface area (Å²) >= 11 is 6.09. The number of amides is 2. The first-order valence-corrected chi connectivity index (χ1v) is 11.7. The Morgan fingerprint density at radius 3 is 2.06 bits per heavy atom. The highest BCUT2D eigenvalue weighted by molar-refractivity contribution is 6.30. The van der Waals surface area contributed by atoms with Gasteiger partial charge in [0.2, 0.25) is 0 Å². The second-order valence-electron chi connectivity index (χ2n) is 8.18. The summed E-state index contributed by atoms with van der Waals surface area (Å²) in [6, 6.07) is 25.6. The zero-order valence-electron chi connectivity index (χ0n) is 18.7. The summed E-state index contributed by atoms with van der Waals surface area (Å²) in [6.07, 6.45) is 0.491. The SMILES string of the molecule is O=C(N[C@H]1CCCN(C(=O)OCc2ccccc2)[C@H]1c1ccc(Cl)cc1)OCc1ccccc1. The lowest BCUT2D eigenvalue weighted by Crippen LogP contribution is -2.52. The van der Waals surface area contributed by atoms with Gasteiger partial charge < -0.3 is 14.8 Å². The number of ether oxygens (including phenoxy) is 2. The van der Waals surface area contributed by atoms with Crippen LogP contribution in [0, 0.1) is 0 Å². The zero-order valence-corrected chi connectivity index (χ0v) is 19.5. The van der Waals surface area contributed by atoms with Crippen LogP contribution in [0.15, 0.2) is 84.9 Å². The first-order chi connectivity index (χ1) is 16.6. The topological polar surface area (TPSA) is 67.9 Å². The number of rotatable bonds is 6. The van der Waals surface area contributed by atoms with Gasteiger partial charge in [-0.05, 0) is 41.7 Å². The van der Waals surface area contributed by atoms with E-state index in [1.165, 1.54) is 0 Å². The van der Waals surface area contributed by atoms with Crippen molar-refractivity contribution in [3.05, 3.63) is 107 Å². The van der Waals surface area contributed by atoms with E-state index in [1.54, 1.807) is 17.0 Å². The third kappa shape index (κ3) is 6.29. The van der Waals surface area contributed by atoms with Gasteiger partial charge in [0.1, 0.15) is 13.2 Å². The third-order valence-electron chi connectivity index (χ3n) is 5.80. The molecule has 0 radical (unpaired) electrons. The first kappa shape index (κ1) is 23.6. The number of alkyl carbamates (subject to hydrolysis) is 1. The maximum absolute atomic E-state index is 13.1. The lowest BCUT2D eigenvalue weighted by atomic mass is 9.90. The monoisotopic (exact) mass is 478 g/mol. The minimum atomic E-state index is -0.521. The number of hydrogen-bond donors (Lipinski definition) is 1. The Morgan fingerprint density at radius 2 is 1.44 bits per heavy atom. The molecule has 34 heavy (non-hydrogen) atoms. The predicted molar refractivity (Wildman–Crippen MR) is 130 cm³/mol. The van der Waals surface area contributed by atoms with E-state index in [1.807, 2.05) is 72.8 Å². The Hall–Kier alpha value is -3.51. The molecule has 0 aliphatic carbocycles. The van der Waals surface area contributed by atoms with Crippen LogP contribution in [0.3, 0.4) is 0 Å². The van der Waals surface area contributed by atoms with Gasteiger partial charge in [-0.15, -0.1) is 0 Å². The van der Waals surface area contributed by atoms with Crippen molar-refractivity contribution in [3.8, 4) is 0 Å². The summed E-state index contributed by atoms with van der Waals surface area (Å²) in [4.78, 5) is 27.4. The molecule has 3 aromatic rings. The summed E-state index contributed by atoms with van der Waals surface area (Å²) < 4.78 is 11.0. The molecule has 0 unspecified atom stereocenters. The summed E-state index contributed by atoms with van der Waals surface area (Å²) in [6.45, 7) is 0.882. The van der Waals surface area contributed by atoms with E-state index in [4.69, 9.17) is 21.1 Å². The van der Waals surface area contributed by atoms with Crippen LogP contribution >= 0.6 is 11.6 Å². The van der Waals surface area contributed by atoms with Gasteiger partial charge in [-0.3, -0.25) is 4.90 Å². The zero-order chi connectivity index (χ0) is 23.8. The highest BCUT2D eigenvalue weighted by Gasteiger charge is 2.37. The van der Waals surface area contributed by atoms with Crippen LogP contribution in [0.1, 0.15) is 35.6 Å². The third-order valence-corrected chi connectivity index (χ3v) is 6.05. The number of nitrogens with zero attached hydrogens (tertiary/aromatic N) is 1. The fraction of sp³-hybridized carbons (Fsp3) is 0.259. The molecule has 1 aliphatic heterocycles. The highest BCUT2D eigenvalue weighted by atomic mass is 35.5. The Labute approximate surface area is 204 Å². The number of halogens is 1. The number of benzene rings is 3. The average molecular weight is 479 g/mol. The molecule has 2 atom stereocenters. The normalized spacial score (nSPS) is 17.6. The molecule has 0 bridgehead atoms. The van der Waals surface area contributed by atoms with Crippen molar-refractivity contribution >= 4 is 23.8 Å². The van der Waals surface area contributed by atoms with E-state index in [-0.39, 0.29) is 19.3 Å². The van der Waals surface area contributed by atoms with Crippen LogP contribution in [0.2, 0.25) is 5.02 Å². The molecule has 7 heteroatoms. The molecule has 1 N–H and O–H groups in total. The number of likely N-dealkylation sites (tertiary alicyclic amines) is 1. The van der Waals surface area contributed by atoms with Gasteiger partial charge in [0.25, 0.3) is 0 Å². The van der Waals surface area contributed by atoms with Crippen LogP contribution < -0.4 is 5.32 Å². The Balaban J connectivity index is 1.47. The summed E-state index contributed by atoms with van der Waals surface area (Å²) in [5.74, 6) is 0. The molecule has 0 aromatic heterocycles. The second-order valence-corrected chi connectivity index (χ2v) is 8.62. The van der Waals surface area contributed by atoms with Crippen LogP contribution in [0.5, 0.6) is 0 Å². The molecule has 2 amide bonds. The Bertz CT molecular complexity index is 1080. The lowest BCUT2D eigenvalue weighted by Gasteiger charge is -2.41. The maximum atomic E-state index is 13.1. The summed E-state index contributed by atoms with van der Waals surface area (Å²) in [5, 5.41) is 3.57. The van der Waals surface area contributed by atoms with Gasteiger partial charge in [-0.25, -0.2) is 9.59 Å². The van der Waals surface area contributed by atoms with Crippen molar-refractivity contribution in [3.63, 3.8) is 0 Å². The van der Waals surface area contributed by atoms with Gasteiger partial charge in [0.05, 0.1) is 12.1 Å². The van der Waals surface area contributed by atoms with Gasteiger partial charge in [-0.1, -0.05) is 84.4 Å². The molecule has 3 aromatic carbocycles. The number of hydrogen-bond acceptors (Lipinski definition) is 4. The fourth-order valence-electron chi connectivity index (χ4n) is 4.14. The predicted octanol–water partition coefficient (Wildman–Crippen LogP) is 6.11. The standard InChI is InChI=1S/C27H27ClN2O4/c28-23-15-13-22(14-16-23)25-24(29-26(31)33-18-20-8-3-1-4-9-20)12-7-17-30(25)27(32)34-19-21-10-5-2-6-11-21/h1-6,8-11,13-16,24-25H,7,12,17-19H2,(H,29,31)/t24-,25-/m0/s1.